The summed E-state index contributed by atoms with van der Waals surface area (Å²) in [5, 5.41) is 3.76. The molecule has 0 bridgehead atoms. The number of nitrogens with zero attached hydrogens (tertiary/aromatic N) is 2. The van der Waals surface area contributed by atoms with Crippen LogP contribution in [0.4, 0.5) is 5.69 Å². The van der Waals surface area contributed by atoms with Gasteiger partial charge in [0.25, 0.3) is 0 Å². The highest BCUT2D eigenvalue weighted by Crippen LogP contribution is 2.28. The van der Waals surface area contributed by atoms with E-state index in [9.17, 15) is 18.0 Å². The Morgan fingerprint density at radius 3 is 2.20 bits per heavy atom. The molecule has 0 aromatic heterocycles. The fraction of sp³-hybridized carbons (Fsp3) is 0.417. The van der Waals surface area contributed by atoms with E-state index >= 15 is 0 Å². The lowest BCUT2D eigenvalue weighted by molar-refractivity contribution is -0.140. The molecule has 11 heteroatoms. The minimum Gasteiger partial charge on any atom is -0.354 e. The number of halogens is 3. The molecule has 0 aliphatic heterocycles. The molecular weight excluding hydrogens is 533 g/mol. The Labute approximate surface area is 222 Å². The molecule has 0 saturated heterocycles. The van der Waals surface area contributed by atoms with Crippen molar-refractivity contribution < 1.29 is 18.0 Å². The predicted octanol–water partition coefficient (Wildman–Crippen LogP) is 5.14. The number of benzene rings is 2. The van der Waals surface area contributed by atoms with E-state index < -0.39 is 28.5 Å². The Kier molecular flexibility index (Phi) is 11.1. The standard InChI is InChI=1S/C24H30Cl3N3O4S/c1-4-6-11-28-24(32)22(5-2)29(15-17-9-7-8-10-21(17)27)23(31)16-30(35(3,33)34)20-13-18(25)12-19(26)14-20/h7-10,12-14,22H,4-6,11,15-16H2,1-3H3,(H,28,32)/t22-/m0/s1. The maximum absolute atomic E-state index is 13.6. The van der Waals surface area contributed by atoms with Crippen LogP contribution < -0.4 is 9.62 Å². The van der Waals surface area contributed by atoms with Gasteiger partial charge in [-0.05, 0) is 42.7 Å². The van der Waals surface area contributed by atoms with Crippen LogP contribution in [0.15, 0.2) is 42.5 Å². The van der Waals surface area contributed by atoms with E-state index in [-0.39, 0.29) is 28.2 Å². The Morgan fingerprint density at radius 2 is 1.66 bits per heavy atom. The molecule has 0 aliphatic carbocycles. The highest BCUT2D eigenvalue weighted by atomic mass is 35.5. The molecule has 0 heterocycles. The summed E-state index contributed by atoms with van der Waals surface area (Å²) in [6.07, 6.45) is 3.03. The molecule has 0 unspecified atom stereocenters. The molecular formula is C24H30Cl3N3O4S. The zero-order valence-electron chi connectivity index (χ0n) is 19.9. The molecule has 2 aromatic carbocycles. The van der Waals surface area contributed by atoms with Gasteiger partial charge in [-0.1, -0.05) is 73.3 Å². The normalized spacial score (nSPS) is 12.2. The summed E-state index contributed by atoms with van der Waals surface area (Å²) in [5.41, 5.74) is 0.788. The van der Waals surface area contributed by atoms with E-state index in [4.69, 9.17) is 34.8 Å². The third kappa shape index (κ3) is 8.56. The second-order valence-electron chi connectivity index (χ2n) is 8.08. The lowest BCUT2D eigenvalue weighted by Gasteiger charge is -2.33. The zero-order valence-corrected chi connectivity index (χ0v) is 23.0. The van der Waals surface area contributed by atoms with Crippen molar-refractivity contribution in [3.05, 3.63) is 63.1 Å². The third-order valence-electron chi connectivity index (χ3n) is 5.33. The first-order valence-corrected chi connectivity index (χ1v) is 14.2. The van der Waals surface area contributed by atoms with Gasteiger partial charge in [-0.25, -0.2) is 8.42 Å². The van der Waals surface area contributed by atoms with Crippen molar-refractivity contribution in [2.75, 3.05) is 23.7 Å². The number of sulfonamides is 1. The van der Waals surface area contributed by atoms with E-state index in [0.29, 0.717) is 23.6 Å². The van der Waals surface area contributed by atoms with Crippen LogP contribution in [0.25, 0.3) is 0 Å². The summed E-state index contributed by atoms with van der Waals surface area (Å²) in [7, 11) is -3.89. The van der Waals surface area contributed by atoms with E-state index in [1.807, 2.05) is 6.92 Å². The average Bonchev–Trinajstić information content (AvgIpc) is 2.77. The maximum atomic E-state index is 13.6. The van der Waals surface area contributed by atoms with E-state index in [2.05, 4.69) is 5.32 Å². The summed E-state index contributed by atoms with van der Waals surface area (Å²) < 4.78 is 26.2. The first kappa shape index (κ1) is 29.2. The minimum atomic E-state index is -3.89. The lowest BCUT2D eigenvalue weighted by atomic mass is 10.1. The van der Waals surface area contributed by atoms with Crippen molar-refractivity contribution in [1.29, 1.82) is 0 Å². The van der Waals surface area contributed by atoms with Crippen molar-refractivity contribution >= 4 is 62.3 Å². The van der Waals surface area contributed by atoms with Crippen LogP contribution in [0.1, 0.15) is 38.7 Å². The van der Waals surface area contributed by atoms with Gasteiger partial charge in [0.05, 0.1) is 11.9 Å². The zero-order chi connectivity index (χ0) is 26.2. The summed E-state index contributed by atoms with van der Waals surface area (Å²) in [5.74, 6) is -0.873. The molecule has 1 atom stereocenters. The molecule has 0 aliphatic rings. The second-order valence-corrected chi connectivity index (χ2v) is 11.3. The summed E-state index contributed by atoms with van der Waals surface area (Å²) >= 11 is 18.5. The van der Waals surface area contributed by atoms with Crippen molar-refractivity contribution in [3.8, 4) is 0 Å². The molecule has 1 N–H and O–H groups in total. The number of hydrogen-bond donors (Lipinski definition) is 1. The van der Waals surface area contributed by atoms with Crippen LogP contribution in [-0.4, -0.2) is 50.5 Å². The quantitative estimate of drug-likeness (QED) is 0.363. The molecule has 2 amide bonds. The topological polar surface area (TPSA) is 86.8 Å². The number of nitrogens with one attached hydrogen (secondary N) is 1. The van der Waals surface area contributed by atoms with Crippen LogP contribution in [0.2, 0.25) is 15.1 Å². The first-order valence-electron chi connectivity index (χ1n) is 11.2. The first-order chi connectivity index (χ1) is 16.5. The van der Waals surface area contributed by atoms with Gasteiger partial charge in [0, 0.05) is 28.2 Å². The van der Waals surface area contributed by atoms with Gasteiger partial charge in [0.2, 0.25) is 21.8 Å². The Hall–Kier alpha value is -2.00. The Morgan fingerprint density at radius 1 is 1.03 bits per heavy atom. The van der Waals surface area contributed by atoms with Gasteiger partial charge >= 0.3 is 0 Å². The largest absolute Gasteiger partial charge is 0.354 e. The number of carbonyl (C=O) groups is 2. The number of amides is 2. The predicted molar refractivity (Wildman–Crippen MR) is 143 cm³/mol. The van der Waals surface area contributed by atoms with Gasteiger partial charge in [0.1, 0.15) is 12.6 Å². The molecule has 0 saturated carbocycles. The third-order valence-corrected chi connectivity index (χ3v) is 7.27. The number of unbranched alkanes of at least 4 members (excludes halogenated alkanes) is 1. The highest BCUT2D eigenvalue weighted by Gasteiger charge is 2.32. The van der Waals surface area contributed by atoms with Crippen LogP contribution in [0.3, 0.4) is 0 Å². The van der Waals surface area contributed by atoms with Gasteiger partial charge in [-0.3, -0.25) is 13.9 Å². The SMILES string of the molecule is CCCCNC(=O)[C@H](CC)N(Cc1ccccc1Cl)C(=O)CN(c1cc(Cl)cc(Cl)c1)S(C)(=O)=O. The van der Waals surface area contributed by atoms with E-state index in [1.54, 1.807) is 31.2 Å². The fourth-order valence-corrected chi connectivity index (χ4v) is 5.08. The summed E-state index contributed by atoms with van der Waals surface area (Å²) in [6, 6.07) is 10.5. The molecule has 192 valence electrons. The van der Waals surface area contributed by atoms with Gasteiger partial charge in [0.15, 0.2) is 0 Å². The van der Waals surface area contributed by atoms with Crippen molar-refractivity contribution in [2.24, 2.45) is 0 Å². The number of hydrogen-bond acceptors (Lipinski definition) is 4. The fourth-order valence-electron chi connectivity index (χ4n) is 3.53. The van der Waals surface area contributed by atoms with Crippen LogP contribution in [0.5, 0.6) is 0 Å². The van der Waals surface area contributed by atoms with E-state index in [1.165, 1.54) is 23.1 Å². The summed E-state index contributed by atoms with van der Waals surface area (Å²) in [4.78, 5) is 28.0. The molecule has 2 aromatic rings. The Balaban J connectivity index is 2.45. The summed E-state index contributed by atoms with van der Waals surface area (Å²) in [6.45, 7) is 3.78. The van der Waals surface area contributed by atoms with Gasteiger partial charge in [-0.15, -0.1) is 0 Å². The lowest BCUT2D eigenvalue weighted by Crippen LogP contribution is -2.52. The number of anilines is 1. The second kappa shape index (κ2) is 13.3. The maximum Gasteiger partial charge on any atom is 0.244 e. The van der Waals surface area contributed by atoms with E-state index in [0.717, 1.165) is 23.4 Å². The Bertz CT molecular complexity index is 1120. The van der Waals surface area contributed by atoms with Crippen molar-refractivity contribution in [1.82, 2.24) is 10.2 Å². The van der Waals surface area contributed by atoms with Crippen molar-refractivity contribution in [2.45, 2.75) is 45.7 Å². The monoisotopic (exact) mass is 561 g/mol. The van der Waals surface area contributed by atoms with Crippen LogP contribution in [0, 0.1) is 0 Å². The van der Waals surface area contributed by atoms with Crippen LogP contribution >= 0.6 is 34.8 Å². The van der Waals surface area contributed by atoms with Crippen LogP contribution in [-0.2, 0) is 26.2 Å². The highest BCUT2D eigenvalue weighted by molar-refractivity contribution is 7.92. The smallest absolute Gasteiger partial charge is 0.244 e. The molecule has 35 heavy (non-hydrogen) atoms. The molecule has 0 radical (unpaired) electrons. The number of carbonyl (C=O) groups excluding carboxylic acids is 2. The van der Waals surface area contributed by atoms with Gasteiger partial charge < -0.3 is 10.2 Å². The average molecular weight is 563 g/mol. The molecule has 2 rings (SSSR count). The molecule has 0 fully saturated rings. The minimum absolute atomic E-state index is 0.0338. The molecule has 0 spiro atoms. The number of rotatable bonds is 12. The van der Waals surface area contributed by atoms with Crippen molar-refractivity contribution in [3.63, 3.8) is 0 Å². The molecule has 7 nitrogen and oxygen atoms in total. The van der Waals surface area contributed by atoms with Gasteiger partial charge in [-0.2, -0.15) is 0 Å².